The first-order valence-electron chi connectivity index (χ1n) is 9.39. The van der Waals surface area contributed by atoms with Crippen molar-refractivity contribution in [3.63, 3.8) is 0 Å². The summed E-state index contributed by atoms with van der Waals surface area (Å²) >= 11 is 0.776. The fourth-order valence-electron chi connectivity index (χ4n) is 2.91. The summed E-state index contributed by atoms with van der Waals surface area (Å²) in [4.78, 5) is 39.8. The van der Waals surface area contributed by atoms with Gasteiger partial charge in [-0.05, 0) is 53.2 Å². The van der Waals surface area contributed by atoms with Gasteiger partial charge in [-0.2, -0.15) is 0 Å². The fourth-order valence-corrected chi connectivity index (χ4v) is 3.75. The fraction of sp³-hybridized carbons (Fsp3) is 0.227. The number of amides is 3. The van der Waals surface area contributed by atoms with E-state index >= 15 is 0 Å². The highest BCUT2D eigenvalue weighted by Crippen LogP contribution is 2.32. The molecule has 8 nitrogen and oxygen atoms in total. The first-order chi connectivity index (χ1) is 14.8. The normalized spacial score (nSPS) is 16.0. The molecular formula is C22H22N2O6S. The number of likely N-dealkylation sites (N-methyl/N-ethyl adjacent to an activating group) is 1. The van der Waals surface area contributed by atoms with E-state index in [0.717, 1.165) is 22.2 Å². The zero-order chi connectivity index (χ0) is 22.5. The van der Waals surface area contributed by atoms with E-state index in [1.165, 1.54) is 24.1 Å². The van der Waals surface area contributed by atoms with Crippen LogP contribution in [0.4, 0.5) is 4.79 Å². The zero-order valence-electron chi connectivity index (χ0n) is 17.0. The monoisotopic (exact) mass is 442 g/mol. The molecule has 2 N–H and O–H groups in total. The average molecular weight is 442 g/mol. The molecule has 0 unspecified atom stereocenters. The number of methoxy groups -OCH3 is 1. The van der Waals surface area contributed by atoms with Crippen LogP contribution < -0.4 is 4.74 Å². The van der Waals surface area contributed by atoms with Crippen LogP contribution in [0.3, 0.4) is 0 Å². The highest BCUT2D eigenvalue weighted by molar-refractivity contribution is 8.18. The van der Waals surface area contributed by atoms with E-state index < -0.39 is 29.7 Å². The number of imide groups is 1. The number of hydrogen-bond acceptors (Lipinski definition) is 7. The molecule has 3 rings (SSSR count). The standard InChI is InChI=1S/C22H22N2O6S/c1-23(12-18(26)15-5-7-16(25)8-6-15)20(27)13-24-21(28)19(31-22(24)29)11-14-3-9-17(30-2)10-4-14/h3-11,18,25-26H,12-13H2,1-2H3/b19-11-/t18-/m0/s1. The Hall–Kier alpha value is -3.30. The van der Waals surface area contributed by atoms with Gasteiger partial charge in [0, 0.05) is 7.05 Å². The van der Waals surface area contributed by atoms with Crippen LogP contribution in [0.25, 0.3) is 6.08 Å². The molecule has 1 saturated heterocycles. The van der Waals surface area contributed by atoms with Gasteiger partial charge in [-0.3, -0.25) is 19.3 Å². The third-order valence-electron chi connectivity index (χ3n) is 4.73. The Bertz CT molecular complexity index is 1000. The van der Waals surface area contributed by atoms with Crippen LogP contribution >= 0.6 is 11.8 Å². The molecule has 2 aromatic carbocycles. The highest BCUT2D eigenvalue weighted by atomic mass is 32.2. The Labute approximate surface area is 183 Å². The molecule has 162 valence electrons. The Balaban J connectivity index is 1.62. The molecule has 1 fully saturated rings. The first-order valence-corrected chi connectivity index (χ1v) is 10.2. The summed E-state index contributed by atoms with van der Waals surface area (Å²) in [6.45, 7) is -0.440. The lowest BCUT2D eigenvalue weighted by Crippen LogP contribution is -2.41. The van der Waals surface area contributed by atoms with Crippen molar-refractivity contribution in [2.75, 3.05) is 27.2 Å². The molecule has 0 radical (unpaired) electrons. The smallest absolute Gasteiger partial charge is 0.294 e. The molecular weight excluding hydrogens is 420 g/mol. The Morgan fingerprint density at radius 3 is 2.42 bits per heavy atom. The number of aliphatic hydroxyl groups excluding tert-OH is 1. The van der Waals surface area contributed by atoms with Crippen LogP contribution in [-0.2, 0) is 9.59 Å². The number of carbonyl (C=O) groups is 3. The summed E-state index contributed by atoms with van der Waals surface area (Å²) < 4.78 is 5.10. The Morgan fingerprint density at radius 2 is 1.81 bits per heavy atom. The van der Waals surface area contributed by atoms with Gasteiger partial charge >= 0.3 is 0 Å². The number of aromatic hydroxyl groups is 1. The van der Waals surface area contributed by atoms with Crippen molar-refractivity contribution in [2.24, 2.45) is 0 Å². The molecule has 0 saturated carbocycles. The lowest BCUT2D eigenvalue weighted by atomic mass is 10.1. The second-order valence-corrected chi connectivity index (χ2v) is 7.92. The van der Waals surface area contributed by atoms with E-state index in [0.29, 0.717) is 11.3 Å². The maximum absolute atomic E-state index is 12.6. The topological polar surface area (TPSA) is 107 Å². The number of rotatable bonds is 7. The van der Waals surface area contributed by atoms with Crippen molar-refractivity contribution in [2.45, 2.75) is 6.10 Å². The minimum absolute atomic E-state index is 0.0263. The lowest BCUT2D eigenvalue weighted by molar-refractivity contribution is -0.135. The quantitative estimate of drug-likeness (QED) is 0.635. The maximum Gasteiger partial charge on any atom is 0.294 e. The van der Waals surface area contributed by atoms with Crippen LogP contribution in [0, 0.1) is 0 Å². The van der Waals surface area contributed by atoms with Crippen LogP contribution in [0.15, 0.2) is 53.4 Å². The van der Waals surface area contributed by atoms with Gasteiger partial charge in [0.25, 0.3) is 11.1 Å². The summed E-state index contributed by atoms with van der Waals surface area (Å²) in [5, 5.41) is 19.1. The van der Waals surface area contributed by atoms with Gasteiger partial charge in [-0.25, -0.2) is 0 Å². The van der Waals surface area contributed by atoms with Crippen LogP contribution in [0.1, 0.15) is 17.2 Å². The number of thioether (sulfide) groups is 1. The molecule has 31 heavy (non-hydrogen) atoms. The number of aliphatic hydroxyl groups is 1. The second-order valence-electron chi connectivity index (χ2n) is 6.92. The van der Waals surface area contributed by atoms with Crippen LogP contribution in [0.5, 0.6) is 11.5 Å². The molecule has 1 aliphatic heterocycles. The van der Waals surface area contributed by atoms with Gasteiger partial charge in [0.1, 0.15) is 18.0 Å². The minimum Gasteiger partial charge on any atom is -0.508 e. The van der Waals surface area contributed by atoms with Crippen LogP contribution in [-0.4, -0.2) is 64.3 Å². The minimum atomic E-state index is -0.973. The van der Waals surface area contributed by atoms with E-state index in [9.17, 15) is 24.6 Å². The molecule has 1 aliphatic rings. The number of phenols is 1. The summed E-state index contributed by atoms with van der Waals surface area (Å²) in [5.41, 5.74) is 1.26. The third-order valence-corrected chi connectivity index (χ3v) is 5.64. The molecule has 2 aromatic rings. The number of benzene rings is 2. The molecule has 1 heterocycles. The van der Waals surface area contributed by atoms with Crippen molar-refractivity contribution in [3.05, 3.63) is 64.6 Å². The molecule has 0 aliphatic carbocycles. The predicted molar refractivity (Wildman–Crippen MR) is 116 cm³/mol. The maximum atomic E-state index is 12.6. The third kappa shape index (κ3) is 5.44. The highest BCUT2D eigenvalue weighted by Gasteiger charge is 2.37. The number of ether oxygens (including phenoxy) is 1. The molecule has 0 spiro atoms. The van der Waals surface area contributed by atoms with E-state index in [-0.39, 0.29) is 17.2 Å². The molecule has 0 bridgehead atoms. The molecule has 0 aromatic heterocycles. The van der Waals surface area contributed by atoms with Crippen molar-refractivity contribution >= 4 is 34.9 Å². The molecule has 3 amide bonds. The second kappa shape index (κ2) is 9.67. The van der Waals surface area contributed by atoms with Gasteiger partial charge in [0.2, 0.25) is 5.91 Å². The summed E-state index contributed by atoms with van der Waals surface area (Å²) in [6, 6.07) is 13.0. The zero-order valence-corrected chi connectivity index (χ0v) is 17.8. The summed E-state index contributed by atoms with van der Waals surface area (Å²) in [5.74, 6) is -0.270. The first kappa shape index (κ1) is 22.4. The van der Waals surface area contributed by atoms with Crippen molar-refractivity contribution in [1.29, 1.82) is 0 Å². The van der Waals surface area contributed by atoms with E-state index in [2.05, 4.69) is 0 Å². The lowest BCUT2D eigenvalue weighted by Gasteiger charge is -2.23. The Kier molecular flexibility index (Phi) is 6.98. The number of nitrogens with zero attached hydrogens (tertiary/aromatic N) is 2. The number of carbonyl (C=O) groups excluding carboxylic acids is 3. The van der Waals surface area contributed by atoms with Gasteiger partial charge in [0.15, 0.2) is 0 Å². The van der Waals surface area contributed by atoms with Crippen LogP contribution in [0.2, 0.25) is 0 Å². The molecule has 1 atom stereocenters. The number of phenolic OH excluding ortho intramolecular Hbond substituents is 1. The van der Waals surface area contributed by atoms with Crippen molar-refractivity contribution in [3.8, 4) is 11.5 Å². The summed E-state index contributed by atoms with van der Waals surface area (Å²) in [6.07, 6.45) is 0.618. The van der Waals surface area contributed by atoms with Gasteiger partial charge in [-0.15, -0.1) is 0 Å². The van der Waals surface area contributed by atoms with E-state index in [4.69, 9.17) is 4.74 Å². The molecule has 9 heteroatoms. The SMILES string of the molecule is COc1ccc(/C=C2\SC(=O)N(CC(=O)N(C)C[C@H](O)c3ccc(O)cc3)C2=O)cc1. The summed E-state index contributed by atoms with van der Waals surface area (Å²) in [7, 11) is 3.04. The van der Waals surface area contributed by atoms with E-state index in [1.54, 1.807) is 49.6 Å². The average Bonchev–Trinajstić information content (AvgIpc) is 3.01. The van der Waals surface area contributed by atoms with E-state index in [1.807, 2.05) is 0 Å². The van der Waals surface area contributed by atoms with Gasteiger partial charge < -0.3 is 19.8 Å². The van der Waals surface area contributed by atoms with Crippen molar-refractivity contribution in [1.82, 2.24) is 9.80 Å². The van der Waals surface area contributed by atoms with Gasteiger partial charge in [0.05, 0.1) is 24.7 Å². The number of hydrogen-bond donors (Lipinski definition) is 2. The largest absolute Gasteiger partial charge is 0.508 e. The predicted octanol–water partition coefficient (Wildman–Crippen LogP) is 2.63. The van der Waals surface area contributed by atoms with Gasteiger partial charge in [-0.1, -0.05) is 24.3 Å². The van der Waals surface area contributed by atoms with Crippen molar-refractivity contribution < 1.29 is 29.3 Å². The Morgan fingerprint density at radius 1 is 1.16 bits per heavy atom.